The molecule has 0 fully saturated rings. The monoisotopic (exact) mass is 391 g/mol. The number of nitrogens with one attached hydrogen (secondary N) is 1. The molecule has 2 N–H and O–H groups in total. The highest BCUT2D eigenvalue weighted by Gasteiger charge is 2.26. The molecule has 0 spiro atoms. The molecule has 0 bridgehead atoms. The Morgan fingerprint density at radius 1 is 1.07 bits per heavy atom. The van der Waals surface area contributed by atoms with Gasteiger partial charge in [-0.15, -0.1) is 0 Å². The molecule has 154 valence electrons. The van der Waals surface area contributed by atoms with E-state index in [1.165, 1.54) is 0 Å². The van der Waals surface area contributed by atoms with Gasteiger partial charge in [-0.05, 0) is 45.8 Å². The number of rotatable bonds is 5. The lowest BCUT2D eigenvalue weighted by molar-refractivity contribution is -0.120. The second-order valence-corrected chi connectivity index (χ2v) is 8.12. The van der Waals surface area contributed by atoms with Crippen molar-refractivity contribution in [2.24, 2.45) is 11.8 Å². The molecule has 0 aromatic carbocycles. The number of carbonyl (C=O) groups excluding carboxylic acids is 1. The second kappa shape index (κ2) is 10.3. The summed E-state index contributed by atoms with van der Waals surface area (Å²) in [5.41, 5.74) is 1.71. The fraction of sp³-hybridized carbons (Fsp3) is 0.423. The van der Waals surface area contributed by atoms with Crippen molar-refractivity contribution in [2.75, 3.05) is 0 Å². The first-order chi connectivity index (χ1) is 13.8. The lowest BCUT2D eigenvalue weighted by Crippen LogP contribution is -2.48. The van der Waals surface area contributed by atoms with Crippen LogP contribution in [0.3, 0.4) is 0 Å². The Kier molecular flexibility index (Phi) is 8.05. The Balaban J connectivity index is 2.25. The van der Waals surface area contributed by atoms with Gasteiger partial charge in [0.2, 0.25) is 5.91 Å². The van der Waals surface area contributed by atoms with Crippen LogP contribution in [0, 0.1) is 23.7 Å². The fourth-order valence-corrected chi connectivity index (χ4v) is 3.11. The largest absolute Gasteiger partial charge is 0.388 e. The molecule has 3 atom stereocenters. The SMILES string of the molecule is CCC1C=CC=CC=C1C#CC1=CC=C(C(=O)NC(C)C(C)(C)O)C(CC)C=C1. The van der Waals surface area contributed by atoms with Crippen LogP contribution in [0.1, 0.15) is 47.5 Å². The summed E-state index contributed by atoms with van der Waals surface area (Å²) >= 11 is 0. The Hall–Kier alpha value is -2.57. The third-order valence-corrected chi connectivity index (χ3v) is 5.49. The standard InChI is InChI=1S/C26H33NO2/c1-6-21-11-9-8-10-12-23(21)17-14-20-13-16-22(7-2)24(18-15-20)25(28)27-19(3)26(4,5)29/h8-13,15-16,18-19,21-22,29H,6-7H2,1-5H3,(H,27,28). The quantitative estimate of drug-likeness (QED) is 0.662. The zero-order valence-electron chi connectivity index (χ0n) is 18.2. The summed E-state index contributed by atoms with van der Waals surface area (Å²) < 4.78 is 0. The molecule has 0 radical (unpaired) electrons. The summed E-state index contributed by atoms with van der Waals surface area (Å²) in [5, 5.41) is 13.0. The van der Waals surface area contributed by atoms with E-state index in [-0.39, 0.29) is 17.9 Å². The second-order valence-electron chi connectivity index (χ2n) is 8.12. The lowest BCUT2D eigenvalue weighted by atomic mass is 9.94. The van der Waals surface area contributed by atoms with Crippen molar-refractivity contribution in [3.05, 3.63) is 71.4 Å². The van der Waals surface area contributed by atoms with E-state index in [1.54, 1.807) is 13.8 Å². The average molecular weight is 392 g/mol. The van der Waals surface area contributed by atoms with Crippen LogP contribution >= 0.6 is 0 Å². The summed E-state index contributed by atoms with van der Waals surface area (Å²) in [6, 6.07) is -0.349. The molecule has 2 rings (SSSR count). The van der Waals surface area contributed by atoms with E-state index in [2.05, 4.69) is 49.2 Å². The van der Waals surface area contributed by atoms with Crippen molar-refractivity contribution in [1.82, 2.24) is 5.32 Å². The first kappa shape index (κ1) is 22.7. The minimum Gasteiger partial charge on any atom is -0.388 e. The highest BCUT2D eigenvalue weighted by molar-refractivity contribution is 5.95. The minimum atomic E-state index is -0.976. The first-order valence-corrected chi connectivity index (χ1v) is 10.5. The topological polar surface area (TPSA) is 49.3 Å². The average Bonchev–Trinajstić information content (AvgIpc) is 3.03. The van der Waals surface area contributed by atoms with E-state index >= 15 is 0 Å². The number of carbonyl (C=O) groups is 1. The summed E-state index contributed by atoms with van der Waals surface area (Å²) in [7, 11) is 0. The van der Waals surface area contributed by atoms with Crippen LogP contribution in [0.25, 0.3) is 0 Å². The van der Waals surface area contributed by atoms with E-state index in [0.717, 1.165) is 24.0 Å². The lowest BCUT2D eigenvalue weighted by Gasteiger charge is -2.27. The molecular weight excluding hydrogens is 358 g/mol. The molecule has 3 nitrogen and oxygen atoms in total. The zero-order valence-corrected chi connectivity index (χ0v) is 18.2. The number of allylic oxidation sites excluding steroid dienone is 11. The van der Waals surface area contributed by atoms with Crippen LogP contribution in [0.4, 0.5) is 0 Å². The van der Waals surface area contributed by atoms with Gasteiger partial charge in [-0.1, -0.05) is 68.2 Å². The molecule has 29 heavy (non-hydrogen) atoms. The van der Waals surface area contributed by atoms with Crippen LogP contribution in [0.5, 0.6) is 0 Å². The van der Waals surface area contributed by atoms with Gasteiger partial charge in [-0.2, -0.15) is 0 Å². The van der Waals surface area contributed by atoms with Gasteiger partial charge >= 0.3 is 0 Å². The number of aliphatic hydroxyl groups is 1. The van der Waals surface area contributed by atoms with Gasteiger partial charge in [0.15, 0.2) is 0 Å². The number of hydrogen-bond donors (Lipinski definition) is 2. The molecule has 1 amide bonds. The van der Waals surface area contributed by atoms with Crippen LogP contribution in [0.2, 0.25) is 0 Å². The zero-order chi connectivity index (χ0) is 21.4. The van der Waals surface area contributed by atoms with Crippen LogP contribution < -0.4 is 5.32 Å². The maximum absolute atomic E-state index is 12.8. The summed E-state index contributed by atoms with van der Waals surface area (Å²) in [6.45, 7) is 9.43. The van der Waals surface area contributed by atoms with E-state index < -0.39 is 5.60 Å². The predicted octanol–water partition coefficient (Wildman–Crippen LogP) is 4.79. The molecule has 0 heterocycles. The Labute approximate surface area is 175 Å². The smallest absolute Gasteiger partial charge is 0.248 e. The van der Waals surface area contributed by atoms with Crippen LogP contribution in [0.15, 0.2) is 71.4 Å². The summed E-state index contributed by atoms with van der Waals surface area (Å²) in [6.07, 6.45) is 20.0. The molecule has 0 aliphatic heterocycles. The predicted molar refractivity (Wildman–Crippen MR) is 121 cm³/mol. The molecule has 2 aliphatic rings. The minimum absolute atomic E-state index is 0.0194. The molecule has 0 aromatic heterocycles. The van der Waals surface area contributed by atoms with Gasteiger partial charge in [0.05, 0.1) is 11.6 Å². The molecule has 3 heteroatoms. The van der Waals surface area contributed by atoms with E-state index in [4.69, 9.17) is 0 Å². The van der Waals surface area contributed by atoms with Crippen molar-refractivity contribution < 1.29 is 9.90 Å². The van der Waals surface area contributed by atoms with Gasteiger partial charge in [0.1, 0.15) is 0 Å². The highest BCUT2D eigenvalue weighted by atomic mass is 16.3. The van der Waals surface area contributed by atoms with Crippen molar-refractivity contribution in [3.8, 4) is 11.8 Å². The van der Waals surface area contributed by atoms with Gasteiger partial charge in [0, 0.05) is 28.6 Å². The van der Waals surface area contributed by atoms with Crippen molar-refractivity contribution >= 4 is 5.91 Å². The van der Waals surface area contributed by atoms with E-state index in [1.807, 2.05) is 43.4 Å². The highest BCUT2D eigenvalue weighted by Crippen LogP contribution is 2.23. The molecule has 0 saturated carbocycles. The van der Waals surface area contributed by atoms with Crippen molar-refractivity contribution in [1.29, 1.82) is 0 Å². The normalized spacial score (nSPS) is 22.3. The van der Waals surface area contributed by atoms with E-state index in [9.17, 15) is 9.90 Å². The van der Waals surface area contributed by atoms with E-state index in [0.29, 0.717) is 11.5 Å². The first-order valence-electron chi connectivity index (χ1n) is 10.5. The Bertz CT molecular complexity index is 847. The third-order valence-electron chi connectivity index (χ3n) is 5.49. The van der Waals surface area contributed by atoms with Crippen LogP contribution in [-0.2, 0) is 4.79 Å². The van der Waals surface area contributed by atoms with Crippen LogP contribution in [-0.4, -0.2) is 22.7 Å². The molecular formula is C26H33NO2. The number of amides is 1. The van der Waals surface area contributed by atoms with Crippen molar-refractivity contribution in [3.63, 3.8) is 0 Å². The molecule has 0 aromatic rings. The van der Waals surface area contributed by atoms with Gasteiger partial charge in [-0.3, -0.25) is 4.79 Å². The van der Waals surface area contributed by atoms with Crippen molar-refractivity contribution in [2.45, 2.75) is 59.1 Å². The fourth-order valence-electron chi connectivity index (χ4n) is 3.11. The van der Waals surface area contributed by atoms with Gasteiger partial charge < -0.3 is 10.4 Å². The Morgan fingerprint density at radius 3 is 2.45 bits per heavy atom. The molecule has 2 aliphatic carbocycles. The third kappa shape index (κ3) is 6.48. The summed E-state index contributed by atoms with van der Waals surface area (Å²) in [4.78, 5) is 12.8. The maximum Gasteiger partial charge on any atom is 0.248 e. The number of hydrogen-bond acceptors (Lipinski definition) is 2. The van der Waals surface area contributed by atoms with Gasteiger partial charge in [0.25, 0.3) is 0 Å². The summed E-state index contributed by atoms with van der Waals surface area (Å²) in [5.74, 6) is 6.79. The van der Waals surface area contributed by atoms with Gasteiger partial charge in [-0.25, -0.2) is 0 Å². The Morgan fingerprint density at radius 2 is 1.79 bits per heavy atom. The maximum atomic E-state index is 12.8. The molecule has 3 unspecified atom stereocenters. The molecule has 0 saturated heterocycles.